The molecule has 11 heteroatoms. The molecular weight excluding hydrogens is 500 g/mol. The van der Waals surface area contributed by atoms with Crippen molar-refractivity contribution in [3.63, 3.8) is 0 Å². The average Bonchev–Trinajstić information content (AvgIpc) is 3.15. The first-order chi connectivity index (χ1) is 16.3. The van der Waals surface area contributed by atoms with Crippen molar-refractivity contribution in [3.8, 4) is 11.4 Å². The van der Waals surface area contributed by atoms with Crippen molar-refractivity contribution in [2.45, 2.75) is 6.61 Å². The van der Waals surface area contributed by atoms with Gasteiger partial charge in [0, 0.05) is 47.3 Å². The number of halogens is 1. The smallest absolute Gasteiger partial charge is 0.253 e. The summed E-state index contributed by atoms with van der Waals surface area (Å²) in [6.45, 7) is 1.56. The Morgan fingerprint density at radius 2 is 2.03 bits per heavy atom. The molecular formula is C23H25BrN8O2. The van der Waals surface area contributed by atoms with Gasteiger partial charge in [0.2, 0.25) is 0 Å². The number of nitrogen functional groups attached to an aromatic ring is 2. The number of aromatic nitrogens is 4. The van der Waals surface area contributed by atoms with Gasteiger partial charge in [-0.05, 0) is 48.2 Å². The fourth-order valence-corrected chi connectivity index (χ4v) is 4.00. The summed E-state index contributed by atoms with van der Waals surface area (Å²) in [6.07, 6.45) is 6.76. The number of nitrogens with one attached hydrogen (secondary N) is 1. The van der Waals surface area contributed by atoms with Gasteiger partial charge in [-0.15, -0.1) is 0 Å². The third-order valence-corrected chi connectivity index (χ3v) is 5.74. The second kappa shape index (κ2) is 10.1. The number of carbonyl (C=O) groups excluding carboxylic acids is 1. The Morgan fingerprint density at radius 3 is 2.79 bits per heavy atom. The number of amides is 1. The molecule has 4 aromatic rings. The van der Waals surface area contributed by atoms with Crippen molar-refractivity contribution in [3.05, 3.63) is 64.8 Å². The third-order valence-electron chi connectivity index (χ3n) is 5.14. The largest absolute Gasteiger partial charge is 0.489 e. The molecule has 5 N–H and O–H groups in total. The molecule has 1 aromatic carbocycles. The van der Waals surface area contributed by atoms with Crippen LogP contribution in [0.1, 0.15) is 15.9 Å². The van der Waals surface area contributed by atoms with E-state index in [2.05, 4.69) is 36.2 Å². The lowest BCUT2D eigenvalue weighted by molar-refractivity contribution is 0.0952. The quantitative estimate of drug-likeness (QED) is 0.299. The van der Waals surface area contributed by atoms with Gasteiger partial charge in [0.1, 0.15) is 24.5 Å². The van der Waals surface area contributed by atoms with Crippen LogP contribution >= 0.6 is 15.9 Å². The molecule has 0 aliphatic rings. The van der Waals surface area contributed by atoms with E-state index in [1.165, 1.54) is 6.33 Å². The molecule has 0 fully saturated rings. The van der Waals surface area contributed by atoms with Gasteiger partial charge in [0.25, 0.3) is 5.91 Å². The van der Waals surface area contributed by atoms with Gasteiger partial charge in [0.05, 0.1) is 22.8 Å². The summed E-state index contributed by atoms with van der Waals surface area (Å²) in [6, 6.07) is 6.99. The summed E-state index contributed by atoms with van der Waals surface area (Å²) in [4.78, 5) is 27.1. The number of ether oxygens (including phenoxy) is 1. The summed E-state index contributed by atoms with van der Waals surface area (Å²) in [5.74, 6) is 0.746. The molecule has 4 rings (SSSR count). The molecule has 0 spiro atoms. The minimum atomic E-state index is -0.211. The van der Waals surface area contributed by atoms with Crippen LogP contribution in [0.25, 0.3) is 16.7 Å². The number of rotatable bonds is 8. The third kappa shape index (κ3) is 5.10. The Bertz CT molecular complexity index is 1340. The Kier molecular flexibility index (Phi) is 6.94. The maximum Gasteiger partial charge on any atom is 0.253 e. The Labute approximate surface area is 205 Å². The van der Waals surface area contributed by atoms with Gasteiger partial charge in [0.15, 0.2) is 5.65 Å². The number of carbonyl (C=O) groups is 1. The van der Waals surface area contributed by atoms with E-state index < -0.39 is 0 Å². The van der Waals surface area contributed by atoms with E-state index in [-0.39, 0.29) is 12.5 Å². The van der Waals surface area contributed by atoms with Crippen molar-refractivity contribution >= 4 is 44.4 Å². The van der Waals surface area contributed by atoms with E-state index in [0.717, 1.165) is 27.7 Å². The van der Waals surface area contributed by atoms with Crippen LogP contribution in [-0.2, 0) is 6.61 Å². The van der Waals surface area contributed by atoms with E-state index in [1.54, 1.807) is 30.6 Å². The lowest BCUT2D eigenvalue weighted by Gasteiger charge is -2.13. The van der Waals surface area contributed by atoms with Crippen LogP contribution in [0.5, 0.6) is 5.75 Å². The number of hydrogen-bond acceptors (Lipinski definition) is 8. The average molecular weight is 525 g/mol. The molecule has 0 radical (unpaired) electrons. The first-order valence-corrected chi connectivity index (χ1v) is 11.3. The molecule has 1 amide bonds. The number of benzene rings is 1. The fourth-order valence-electron chi connectivity index (χ4n) is 3.41. The number of hydrogen-bond donors (Lipinski definition) is 3. The van der Waals surface area contributed by atoms with Crippen LogP contribution < -0.4 is 21.5 Å². The number of likely N-dealkylation sites (N-methyl/N-ethyl adjacent to an activating group) is 1. The maximum absolute atomic E-state index is 12.3. The predicted molar refractivity (Wildman–Crippen MR) is 135 cm³/mol. The summed E-state index contributed by atoms with van der Waals surface area (Å²) < 4.78 is 8.58. The summed E-state index contributed by atoms with van der Waals surface area (Å²) in [5.41, 5.74) is 15.2. The number of anilines is 2. The number of nitrogens with zero attached hydrogens (tertiary/aromatic N) is 5. The second-order valence-corrected chi connectivity index (χ2v) is 8.81. The summed E-state index contributed by atoms with van der Waals surface area (Å²) in [7, 11) is 3.89. The van der Waals surface area contributed by atoms with Crippen molar-refractivity contribution in [2.75, 3.05) is 38.7 Å². The molecule has 0 unspecified atom stereocenters. The van der Waals surface area contributed by atoms with Crippen LogP contribution in [0.4, 0.5) is 11.5 Å². The van der Waals surface area contributed by atoms with Crippen LogP contribution in [-0.4, -0.2) is 57.5 Å². The van der Waals surface area contributed by atoms with Crippen LogP contribution in [0.3, 0.4) is 0 Å². The Morgan fingerprint density at radius 1 is 1.21 bits per heavy atom. The second-order valence-electron chi connectivity index (χ2n) is 7.95. The van der Waals surface area contributed by atoms with Gasteiger partial charge < -0.3 is 26.4 Å². The number of pyridine rings is 1. The molecule has 10 nitrogen and oxygen atoms in total. The highest BCUT2D eigenvalue weighted by molar-refractivity contribution is 9.10. The van der Waals surface area contributed by atoms with E-state index in [1.807, 2.05) is 35.8 Å². The zero-order valence-corrected chi connectivity index (χ0v) is 20.4. The van der Waals surface area contributed by atoms with Gasteiger partial charge >= 0.3 is 0 Å². The first kappa shape index (κ1) is 23.5. The maximum atomic E-state index is 12.3. The summed E-state index contributed by atoms with van der Waals surface area (Å²) in [5, 5.41) is 3.60. The van der Waals surface area contributed by atoms with Gasteiger partial charge in [-0.1, -0.05) is 0 Å². The standard InChI is InChI=1S/C23H25BrN8O2/c1-31(2)6-5-28-23(33)17-4-3-16(8-19(17)25)34-12-14-7-15(10-27-9-14)32-11-18(24)20-21(26)29-13-30-22(20)32/h3-4,7-11,13H,5-6,12,25H2,1-2H3,(H,28,33)(H2,26,29,30). The molecule has 176 valence electrons. The minimum absolute atomic E-state index is 0.211. The van der Waals surface area contributed by atoms with Crippen LogP contribution in [0, 0.1) is 0 Å². The minimum Gasteiger partial charge on any atom is -0.489 e. The fraction of sp³-hybridized carbons (Fsp3) is 0.217. The zero-order chi connectivity index (χ0) is 24.2. The normalized spacial score (nSPS) is 11.2. The van der Waals surface area contributed by atoms with E-state index >= 15 is 0 Å². The Hall–Kier alpha value is -3.70. The topological polar surface area (TPSA) is 137 Å². The SMILES string of the molecule is CN(C)CCNC(=O)c1ccc(OCc2cncc(-n3cc(Br)c4c(N)ncnc43)c2)cc1N. The lowest BCUT2D eigenvalue weighted by Crippen LogP contribution is -2.31. The van der Waals surface area contributed by atoms with E-state index in [4.69, 9.17) is 16.2 Å². The van der Waals surface area contributed by atoms with Gasteiger partial charge in [-0.3, -0.25) is 14.3 Å². The predicted octanol–water partition coefficient (Wildman–Crippen LogP) is 2.61. The highest BCUT2D eigenvalue weighted by Crippen LogP contribution is 2.30. The van der Waals surface area contributed by atoms with Crippen molar-refractivity contribution < 1.29 is 9.53 Å². The highest BCUT2D eigenvalue weighted by atomic mass is 79.9. The highest BCUT2D eigenvalue weighted by Gasteiger charge is 2.14. The molecule has 0 aliphatic heterocycles. The zero-order valence-electron chi connectivity index (χ0n) is 18.8. The number of fused-ring (bicyclic) bond motifs is 1. The molecule has 0 atom stereocenters. The molecule has 3 heterocycles. The molecule has 0 aliphatic carbocycles. The van der Waals surface area contributed by atoms with Crippen molar-refractivity contribution in [1.29, 1.82) is 0 Å². The van der Waals surface area contributed by atoms with Crippen molar-refractivity contribution in [1.82, 2.24) is 29.7 Å². The first-order valence-electron chi connectivity index (χ1n) is 10.5. The monoisotopic (exact) mass is 524 g/mol. The van der Waals surface area contributed by atoms with Crippen LogP contribution in [0.2, 0.25) is 0 Å². The van der Waals surface area contributed by atoms with Gasteiger partial charge in [-0.25, -0.2) is 9.97 Å². The van der Waals surface area contributed by atoms with E-state index in [0.29, 0.717) is 35.0 Å². The number of nitrogens with two attached hydrogens (primary N) is 2. The van der Waals surface area contributed by atoms with Crippen LogP contribution in [0.15, 0.2) is 53.7 Å². The molecule has 0 bridgehead atoms. The molecule has 34 heavy (non-hydrogen) atoms. The molecule has 0 saturated carbocycles. The summed E-state index contributed by atoms with van der Waals surface area (Å²) >= 11 is 3.52. The van der Waals surface area contributed by atoms with E-state index in [9.17, 15) is 4.79 Å². The molecule has 0 saturated heterocycles. The molecule has 3 aromatic heterocycles. The Balaban J connectivity index is 1.46. The lowest BCUT2D eigenvalue weighted by atomic mass is 10.1. The van der Waals surface area contributed by atoms with Gasteiger partial charge in [-0.2, -0.15) is 0 Å². The van der Waals surface area contributed by atoms with Crippen molar-refractivity contribution in [2.24, 2.45) is 0 Å².